The van der Waals surface area contributed by atoms with Gasteiger partial charge in [-0.1, -0.05) is 6.92 Å². The molecule has 5 heteroatoms. The summed E-state index contributed by atoms with van der Waals surface area (Å²) in [5, 5.41) is 10.7. The van der Waals surface area contributed by atoms with Crippen molar-refractivity contribution in [2.24, 2.45) is 12.0 Å². The largest absolute Gasteiger partial charge is 0.354 e. The molecule has 1 aliphatic heterocycles. The number of nitrogens with one attached hydrogen (secondary N) is 2. The van der Waals surface area contributed by atoms with E-state index in [0.29, 0.717) is 0 Å². The van der Waals surface area contributed by atoms with Gasteiger partial charge in [-0.3, -0.25) is 9.67 Å². The van der Waals surface area contributed by atoms with Gasteiger partial charge in [0.05, 0.1) is 12.2 Å². The molecule has 1 aromatic rings. The maximum Gasteiger partial charge on any atom is 0.197 e. The minimum Gasteiger partial charge on any atom is -0.354 e. The van der Waals surface area contributed by atoms with Crippen molar-refractivity contribution in [3.8, 4) is 0 Å². The molecule has 5 nitrogen and oxygen atoms in total. The molecule has 0 radical (unpaired) electrons. The molecule has 1 aromatic heterocycles. The molecule has 0 saturated heterocycles. The minimum atomic E-state index is 0.843. The van der Waals surface area contributed by atoms with E-state index >= 15 is 0 Å². The van der Waals surface area contributed by atoms with Gasteiger partial charge >= 0.3 is 0 Å². The van der Waals surface area contributed by atoms with Crippen LogP contribution in [0.15, 0.2) is 11.1 Å². The van der Waals surface area contributed by atoms with Crippen LogP contribution in [-0.4, -0.2) is 28.8 Å². The van der Waals surface area contributed by atoms with Gasteiger partial charge in [-0.05, 0) is 6.42 Å². The van der Waals surface area contributed by atoms with Gasteiger partial charge in [0.1, 0.15) is 5.82 Å². The lowest BCUT2D eigenvalue weighted by Gasteiger charge is -2.05. The van der Waals surface area contributed by atoms with E-state index < -0.39 is 0 Å². The number of hydrogen-bond acceptors (Lipinski definition) is 4. The fourth-order valence-electron chi connectivity index (χ4n) is 1.42. The van der Waals surface area contributed by atoms with Crippen LogP contribution in [0.1, 0.15) is 12.6 Å². The van der Waals surface area contributed by atoms with Gasteiger partial charge < -0.3 is 10.6 Å². The Balaban J connectivity index is 2.11. The number of anilines is 1. The van der Waals surface area contributed by atoms with Crippen LogP contribution in [0.5, 0.6) is 0 Å². The van der Waals surface area contributed by atoms with E-state index in [4.69, 9.17) is 0 Å². The normalized spacial score (nSPS) is 15.1. The van der Waals surface area contributed by atoms with Crippen LogP contribution in [0.3, 0.4) is 0 Å². The van der Waals surface area contributed by atoms with Crippen LogP contribution >= 0.6 is 0 Å². The van der Waals surface area contributed by atoms with Crippen molar-refractivity contribution in [1.82, 2.24) is 15.1 Å². The van der Waals surface area contributed by atoms with Gasteiger partial charge in [0.2, 0.25) is 0 Å². The zero-order valence-corrected chi connectivity index (χ0v) is 8.54. The molecule has 0 aromatic carbocycles. The summed E-state index contributed by atoms with van der Waals surface area (Å²) in [6.45, 7) is 3.86. The third-order valence-corrected chi connectivity index (χ3v) is 2.21. The quantitative estimate of drug-likeness (QED) is 0.712. The lowest BCUT2D eigenvalue weighted by atomic mass is 10.3. The third kappa shape index (κ3) is 1.71. The molecule has 0 spiro atoms. The van der Waals surface area contributed by atoms with E-state index in [1.807, 2.05) is 17.8 Å². The lowest BCUT2D eigenvalue weighted by molar-refractivity contribution is 0.754. The molecule has 0 atom stereocenters. The van der Waals surface area contributed by atoms with Crippen LogP contribution in [0.2, 0.25) is 0 Å². The van der Waals surface area contributed by atoms with E-state index in [1.165, 1.54) is 0 Å². The SMILES string of the molecule is CCc1cc(NC2=NCCN2)n(C)n1. The molecule has 1 aliphatic rings. The minimum absolute atomic E-state index is 0.843. The Morgan fingerprint density at radius 2 is 2.50 bits per heavy atom. The van der Waals surface area contributed by atoms with Crippen molar-refractivity contribution in [2.75, 3.05) is 18.4 Å². The Morgan fingerprint density at radius 1 is 1.64 bits per heavy atom. The summed E-state index contributed by atoms with van der Waals surface area (Å²) >= 11 is 0. The Kier molecular flexibility index (Phi) is 2.39. The van der Waals surface area contributed by atoms with E-state index in [2.05, 4.69) is 27.6 Å². The molecule has 14 heavy (non-hydrogen) atoms. The second kappa shape index (κ2) is 3.69. The van der Waals surface area contributed by atoms with E-state index in [0.717, 1.165) is 37.0 Å². The maximum atomic E-state index is 4.34. The molecule has 2 N–H and O–H groups in total. The first-order valence-corrected chi connectivity index (χ1v) is 4.88. The highest BCUT2D eigenvalue weighted by atomic mass is 15.3. The Labute approximate surface area is 83.2 Å². The number of aromatic nitrogens is 2. The molecule has 2 heterocycles. The lowest BCUT2D eigenvalue weighted by Crippen LogP contribution is -2.27. The van der Waals surface area contributed by atoms with E-state index in [-0.39, 0.29) is 0 Å². The molecule has 76 valence electrons. The highest BCUT2D eigenvalue weighted by Crippen LogP contribution is 2.09. The second-order valence-corrected chi connectivity index (χ2v) is 3.28. The molecule has 2 rings (SSSR count). The monoisotopic (exact) mass is 193 g/mol. The number of aliphatic imine (C=N–C) groups is 1. The molecular weight excluding hydrogens is 178 g/mol. The summed E-state index contributed by atoms with van der Waals surface area (Å²) in [5.41, 5.74) is 1.09. The van der Waals surface area contributed by atoms with Gasteiger partial charge in [0.25, 0.3) is 0 Å². The van der Waals surface area contributed by atoms with E-state index in [9.17, 15) is 0 Å². The van der Waals surface area contributed by atoms with E-state index in [1.54, 1.807) is 0 Å². The predicted molar refractivity (Wildman–Crippen MR) is 56.5 cm³/mol. The average molecular weight is 193 g/mol. The van der Waals surface area contributed by atoms with Crippen LogP contribution in [-0.2, 0) is 13.5 Å². The van der Waals surface area contributed by atoms with Crippen molar-refractivity contribution in [1.29, 1.82) is 0 Å². The first kappa shape index (κ1) is 9.05. The summed E-state index contributed by atoms with van der Waals surface area (Å²) in [7, 11) is 1.93. The van der Waals surface area contributed by atoms with Crippen LogP contribution in [0.4, 0.5) is 5.82 Å². The number of rotatable bonds is 2. The summed E-state index contributed by atoms with van der Waals surface area (Å²) in [4.78, 5) is 4.26. The molecule has 0 amide bonds. The average Bonchev–Trinajstić information content (AvgIpc) is 2.78. The van der Waals surface area contributed by atoms with Gasteiger partial charge in [0.15, 0.2) is 5.96 Å². The Hall–Kier alpha value is -1.52. The molecule has 0 saturated carbocycles. The first-order valence-electron chi connectivity index (χ1n) is 4.88. The van der Waals surface area contributed by atoms with Gasteiger partial charge in [-0.25, -0.2) is 0 Å². The summed E-state index contributed by atoms with van der Waals surface area (Å²) < 4.78 is 1.83. The van der Waals surface area contributed by atoms with Gasteiger partial charge in [-0.2, -0.15) is 5.10 Å². The molecule has 0 aliphatic carbocycles. The standard InChI is InChI=1S/C9H15N5/c1-3-7-6-8(14(2)13-7)12-9-10-4-5-11-9/h6H,3-5H2,1-2H3,(H2,10,11,12). The first-order chi connectivity index (χ1) is 6.79. The fraction of sp³-hybridized carbons (Fsp3) is 0.556. The summed E-state index contributed by atoms with van der Waals surface area (Å²) in [5.74, 6) is 1.82. The predicted octanol–water partition coefficient (Wildman–Crippen LogP) is 0.354. The zero-order chi connectivity index (χ0) is 9.97. The Morgan fingerprint density at radius 3 is 3.07 bits per heavy atom. The van der Waals surface area contributed by atoms with Crippen molar-refractivity contribution in [2.45, 2.75) is 13.3 Å². The van der Waals surface area contributed by atoms with Crippen LogP contribution < -0.4 is 10.6 Å². The molecule has 0 bridgehead atoms. The fourth-order valence-corrected chi connectivity index (χ4v) is 1.42. The second-order valence-electron chi connectivity index (χ2n) is 3.28. The summed E-state index contributed by atoms with van der Waals surface area (Å²) in [6.07, 6.45) is 0.954. The van der Waals surface area contributed by atoms with Crippen LogP contribution in [0.25, 0.3) is 0 Å². The van der Waals surface area contributed by atoms with Crippen LogP contribution in [0, 0.1) is 0 Å². The summed E-state index contributed by atoms with van der Waals surface area (Å²) in [6, 6.07) is 2.04. The number of aryl methyl sites for hydroxylation is 2. The highest BCUT2D eigenvalue weighted by Gasteiger charge is 2.08. The van der Waals surface area contributed by atoms with Crippen molar-refractivity contribution in [3.05, 3.63) is 11.8 Å². The smallest absolute Gasteiger partial charge is 0.197 e. The topological polar surface area (TPSA) is 54.2 Å². The molecule has 0 unspecified atom stereocenters. The number of nitrogens with zero attached hydrogens (tertiary/aromatic N) is 3. The maximum absolute atomic E-state index is 4.34. The number of guanidine groups is 1. The zero-order valence-electron chi connectivity index (χ0n) is 8.54. The van der Waals surface area contributed by atoms with Crippen molar-refractivity contribution in [3.63, 3.8) is 0 Å². The highest BCUT2D eigenvalue weighted by molar-refractivity contribution is 5.93. The third-order valence-electron chi connectivity index (χ3n) is 2.21. The Bertz CT molecular complexity index is 352. The van der Waals surface area contributed by atoms with Crippen molar-refractivity contribution >= 4 is 11.8 Å². The van der Waals surface area contributed by atoms with Gasteiger partial charge in [-0.15, -0.1) is 0 Å². The molecular formula is C9H15N5. The number of hydrogen-bond donors (Lipinski definition) is 2. The molecule has 0 fully saturated rings. The van der Waals surface area contributed by atoms with Crippen molar-refractivity contribution < 1.29 is 0 Å². The van der Waals surface area contributed by atoms with Gasteiger partial charge in [0, 0.05) is 19.7 Å².